The molecule has 3 rings (SSSR count). The molecule has 3 heteroatoms. The van der Waals surface area contributed by atoms with Crippen molar-refractivity contribution in [1.82, 2.24) is 0 Å². The molecule has 20 heavy (non-hydrogen) atoms. The Hall–Kier alpha value is -1.67. The molecule has 0 aliphatic heterocycles. The van der Waals surface area contributed by atoms with Gasteiger partial charge >= 0.3 is 0 Å². The zero-order chi connectivity index (χ0) is 14.1. The summed E-state index contributed by atoms with van der Waals surface area (Å²) >= 11 is 5.95. The molecule has 1 fully saturated rings. The molecule has 0 atom stereocenters. The smallest absolute Gasteiger partial charge is 0.197 e. The summed E-state index contributed by atoms with van der Waals surface area (Å²) in [5.74, 6) is -0.385. The second-order valence-corrected chi connectivity index (χ2v) is 5.59. The van der Waals surface area contributed by atoms with Crippen LogP contribution in [-0.4, -0.2) is 5.78 Å². The van der Waals surface area contributed by atoms with E-state index in [-0.39, 0.29) is 16.4 Å². The number of hydrogen-bond acceptors (Lipinski definition) is 1. The maximum absolute atomic E-state index is 13.8. The summed E-state index contributed by atoms with van der Waals surface area (Å²) in [5.41, 5.74) is 1.62. The van der Waals surface area contributed by atoms with Crippen molar-refractivity contribution >= 4 is 17.4 Å². The molecule has 0 heterocycles. The summed E-state index contributed by atoms with van der Waals surface area (Å²) in [7, 11) is 0. The Bertz CT molecular complexity index is 642. The van der Waals surface area contributed by atoms with Gasteiger partial charge in [-0.05, 0) is 42.5 Å². The Morgan fingerprint density at radius 1 is 1.15 bits per heavy atom. The van der Waals surface area contributed by atoms with Gasteiger partial charge in [-0.2, -0.15) is 0 Å². The van der Waals surface area contributed by atoms with Crippen molar-refractivity contribution < 1.29 is 9.18 Å². The second kappa shape index (κ2) is 5.37. The van der Waals surface area contributed by atoms with Crippen LogP contribution in [0.3, 0.4) is 0 Å². The fourth-order valence-corrected chi connectivity index (χ4v) is 2.78. The van der Waals surface area contributed by atoms with Gasteiger partial charge in [-0.1, -0.05) is 42.3 Å². The minimum absolute atomic E-state index is 0.0417. The summed E-state index contributed by atoms with van der Waals surface area (Å²) in [6.07, 6.45) is 3.57. The van der Waals surface area contributed by atoms with Crippen molar-refractivity contribution in [3.05, 3.63) is 70.0 Å². The van der Waals surface area contributed by atoms with Crippen LogP contribution in [0.15, 0.2) is 42.5 Å². The lowest BCUT2D eigenvalue weighted by molar-refractivity contribution is 0.103. The summed E-state index contributed by atoms with van der Waals surface area (Å²) in [6, 6.07) is 11.8. The van der Waals surface area contributed by atoms with Crippen molar-refractivity contribution in [3.63, 3.8) is 0 Å². The van der Waals surface area contributed by atoms with Crippen LogP contribution in [0.1, 0.15) is 46.7 Å². The Labute approximate surface area is 122 Å². The van der Waals surface area contributed by atoms with Gasteiger partial charge in [0.15, 0.2) is 5.78 Å². The van der Waals surface area contributed by atoms with Crippen LogP contribution < -0.4 is 0 Å². The maximum Gasteiger partial charge on any atom is 0.197 e. The monoisotopic (exact) mass is 288 g/mol. The number of halogens is 2. The van der Waals surface area contributed by atoms with Gasteiger partial charge in [-0.15, -0.1) is 0 Å². The van der Waals surface area contributed by atoms with Gasteiger partial charge in [0.25, 0.3) is 0 Å². The molecule has 1 saturated carbocycles. The molecule has 0 aromatic heterocycles. The molecule has 1 aliphatic rings. The molecule has 0 amide bonds. The van der Waals surface area contributed by atoms with Crippen LogP contribution in [0, 0.1) is 5.82 Å². The predicted octanol–water partition coefficient (Wildman–Crippen LogP) is 4.98. The number of carbonyl (C=O) groups is 1. The van der Waals surface area contributed by atoms with Crippen molar-refractivity contribution in [2.24, 2.45) is 0 Å². The first-order valence-electron chi connectivity index (χ1n) is 6.75. The van der Waals surface area contributed by atoms with Crippen molar-refractivity contribution in [1.29, 1.82) is 0 Å². The van der Waals surface area contributed by atoms with E-state index < -0.39 is 5.82 Å². The van der Waals surface area contributed by atoms with Gasteiger partial charge in [-0.3, -0.25) is 4.79 Å². The highest BCUT2D eigenvalue weighted by Crippen LogP contribution is 2.36. The Kier molecular flexibility index (Phi) is 3.58. The van der Waals surface area contributed by atoms with Gasteiger partial charge in [0.2, 0.25) is 0 Å². The fourth-order valence-electron chi connectivity index (χ4n) is 2.53. The first-order chi connectivity index (χ1) is 9.66. The van der Waals surface area contributed by atoms with E-state index in [4.69, 9.17) is 11.6 Å². The van der Waals surface area contributed by atoms with E-state index in [1.165, 1.54) is 24.6 Å². The summed E-state index contributed by atoms with van der Waals surface area (Å²) in [4.78, 5) is 12.4. The van der Waals surface area contributed by atoms with E-state index in [1.54, 1.807) is 6.07 Å². The number of carbonyl (C=O) groups excluding carboxylic acids is 1. The third kappa shape index (κ3) is 2.36. The summed E-state index contributed by atoms with van der Waals surface area (Å²) < 4.78 is 13.8. The first kappa shape index (κ1) is 13.3. The van der Waals surface area contributed by atoms with Gasteiger partial charge in [0, 0.05) is 5.56 Å². The van der Waals surface area contributed by atoms with Crippen LogP contribution in [0.4, 0.5) is 4.39 Å². The highest BCUT2D eigenvalue weighted by atomic mass is 35.5. The Morgan fingerprint density at radius 2 is 1.90 bits per heavy atom. The molecule has 0 bridgehead atoms. The van der Waals surface area contributed by atoms with Gasteiger partial charge in [0.1, 0.15) is 5.82 Å². The largest absolute Gasteiger partial charge is 0.288 e. The van der Waals surface area contributed by atoms with Crippen LogP contribution in [0.25, 0.3) is 0 Å². The topological polar surface area (TPSA) is 17.1 Å². The molecule has 0 saturated heterocycles. The minimum Gasteiger partial charge on any atom is -0.288 e. The standard InChI is InChI=1S/C17H14ClFO/c18-14-8-3-9-15(19)16(14)17(20)13-7-2-6-12(10-13)11-4-1-5-11/h2-3,6-11H,1,4-5H2. The molecule has 2 aromatic carbocycles. The number of ketones is 1. The SMILES string of the molecule is O=C(c1cccc(C2CCC2)c1)c1c(F)cccc1Cl. The van der Waals surface area contributed by atoms with E-state index in [0.717, 1.165) is 18.4 Å². The first-order valence-corrected chi connectivity index (χ1v) is 7.13. The van der Waals surface area contributed by atoms with Gasteiger partial charge in [0.05, 0.1) is 10.6 Å². The fraction of sp³-hybridized carbons (Fsp3) is 0.235. The van der Waals surface area contributed by atoms with Crippen LogP contribution in [0.2, 0.25) is 5.02 Å². The Morgan fingerprint density at radius 3 is 2.55 bits per heavy atom. The summed E-state index contributed by atoms with van der Waals surface area (Å²) in [6.45, 7) is 0. The van der Waals surface area contributed by atoms with E-state index >= 15 is 0 Å². The minimum atomic E-state index is -0.573. The van der Waals surface area contributed by atoms with E-state index in [0.29, 0.717) is 11.5 Å². The quantitative estimate of drug-likeness (QED) is 0.728. The highest BCUT2D eigenvalue weighted by Gasteiger charge is 2.22. The maximum atomic E-state index is 13.8. The predicted molar refractivity (Wildman–Crippen MR) is 77.9 cm³/mol. The zero-order valence-electron chi connectivity index (χ0n) is 10.9. The highest BCUT2D eigenvalue weighted by molar-refractivity contribution is 6.35. The normalized spacial score (nSPS) is 14.9. The third-order valence-electron chi connectivity index (χ3n) is 3.92. The summed E-state index contributed by atoms with van der Waals surface area (Å²) in [5, 5.41) is 0.157. The lowest BCUT2D eigenvalue weighted by Gasteiger charge is -2.26. The van der Waals surface area contributed by atoms with Gasteiger partial charge < -0.3 is 0 Å². The molecule has 102 valence electrons. The lowest BCUT2D eigenvalue weighted by atomic mass is 9.79. The van der Waals surface area contributed by atoms with Crippen molar-refractivity contribution in [2.75, 3.05) is 0 Å². The molecular formula is C17H14ClFO. The van der Waals surface area contributed by atoms with E-state index in [1.807, 2.05) is 18.2 Å². The second-order valence-electron chi connectivity index (χ2n) is 5.18. The molecule has 0 unspecified atom stereocenters. The average Bonchev–Trinajstić information content (AvgIpc) is 2.36. The molecule has 0 spiro atoms. The number of rotatable bonds is 3. The van der Waals surface area contributed by atoms with E-state index in [9.17, 15) is 9.18 Å². The van der Waals surface area contributed by atoms with Crippen LogP contribution in [-0.2, 0) is 0 Å². The molecule has 1 aliphatic carbocycles. The lowest BCUT2D eigenvalue weighted by Crippen LogP contribution is -2.11. The molecule has 2 aromatic rings. The molecule has 0 radical (unpaired) electrons. The zero-order valence-corrected chi connectivity index (χ0v) is 11.7. The molecular weight excluding hydrogens is 275 g/mol. The van der Waals surface area contributed by atoms with E-state index in [2.05, 4.69) is 0 Å². The molecule has 1 nitrogen and oxygen atoms in total. The van der Waals surface area contributed by atoms with Crippen molar-refractivity contribution in [2.45, 2.75) is 25.2 Å². The Balaban J connectivity index is 1.98. The number of benzene rings is 2. The van der Waals surface area contributed by atoms with Crippen LogP contribution in [0.5, 0.6) is 0 Å². The molecule has 0 N–H and O–H groups in total. The van der Waals surface area contributed by atoms with Crippen molar-refractivity contribution in [3.8, 4) is 0 Å². The van der Waals surface area contributed by atoms with Crippen LogP contribution >= 0.6 is 11.6 Å². The third-order valence-corrected chi connectivity index (χ3v) is 4.23. The number of hydrogen-bond donors (Lipinski definition) is 0. The average molecular weight is 289 g/mol. The van der Waals surface area contributed by atoms with Gasteiger partial charge in [-0.25, -0.2) is 4.39 Å².